The first-order chi connectivity index (χ1) is 12.9. The van der Waals surface area contributed by atoms with Crippen molar-refractivity contribution in [1.82, 2.24) is 9.80 Å². The van der Waals surface area contributed by atoms with E-state index in [0.29, 0.717) is 32.4 Å². The molecule has 1 aromatic carbocycles. The highest BCUT2D eigenvalue weighted by atomic mass is 16.4. The second kappa shape index (κ2) is 6.66. The zero-order valence-electron chi connectivity index (χ0n) is 15.7. The lowest BCUT2D eigenvalue weighted by Crippen LogP contribution is -2.47. The summed E-state index contributed by atoms with van der Waals surface area (Å²) < 4.78 is 0. The largest absolute Gasteiger partial charge is 0.481 e. The fraction of sp³-hybridized carbons (Fsp3) is 0.571. The topological polar surface area (TPSA) is 77.9 Å². The number of nitrogens with zero attached hydrogens (tertiary/aromatic N) is 2. The molecule has 0 bridgehead atoms. The maximum Gasteiger partial charge on any atom is 0.311 e. The molecule has 0 aromatic heterocycles. The van der Waals surface area contributed by atoms with Crippen molar-refractivity contribution in [3.63, 3.8) is 0 Å². The third-order valence-corrected chi connectivity index (χ3v) is 6.70. The number of carbonyl (C=O) groups excluding carboxylic acids is 2. The molecule has 1 aliphatic carbocycles. The molecule has 0 spiro atoms. The minimum atomic E-state index is -0.778. The first-order valence-corrected chi connectivity index (χ1v) is 9.78. The molecule has 6 heteroatoms. The maximum absolute atomic E-state index is 13.2. The van der Waals surface area contributed by atoms with Gasteiger partial charge in [-0.15, -0.1) is 0 Å². The summed E-state index contributed by atoms with van der Waals surface area (Å²) in [4.78, 5) is 40.9. The summed E-state index contributed by atoms with van der Waals surface area (Å²) in [6, 6.07) is 7.52. The molecule has 1 N–H and O–H groups in total. The summed E-state index contributed by atoms with van der Waals surface area (Å²) in [6.07, 6.45) is 3.33. The van der Waals surface area contributed by atoms with Crippen LogP contribution in [-0.2, 0) is 20.9 Å². The number of hydrogen-bond donors (Lipinski definition) is 1. The van der Waals surface area contributed by atoms with E-state index in [1.165, 1.54) is 0 Å². The van der Waals surface area contributed by atoms with Crippen LogP contribution < -0.4 is 0 Å². The van der Waals surface area contributed by atoms with Gasteiger partial charge in [0.2, 0.25) is 11.8 Å². The van der Waals surface area contributed by atoms with Gasteiger partial charge in [-0.2, -0.15) is 0 Å². The highest BCUT2D eigenvalue weighted by Crippen LogP contribution is 2.49. The second-order valence-corrected chi connectivity index (χ2v) is 8.33. The third kappa shape index (κ3) is 3.01. The van der Waals surface area contributed by atoms with Gasteiger partial charge in [0.05, 0.1) is 5.41 Å². The molecule has 3 atom stereocenters. The van der Waals surface area contributed by atoms with Gasteiger partial charge in [0, 0.05) is 26.1 Å². The van der Waals surface area contributed by atoms with Crippen molar-refractivity contribution in [2.45, 2.75) is 51.6 Å². The number of fused-ring (bicyclic) bond motifs is 1. The third-order valence-electron chi connectivity index (χ3n) is 6.70. The van der Waals surface area contributed by atoms with Crippen molar-refractivity contribution >= 4 is 17.8 Å². The Morgan fingerprint density at radius 1 is 1.22 bits per heavy atom. The Morgan fingerprint density at radius 3 is 2.63 bits per heavy atom. The number of aliphatic carboxylic acids is 1. The van der Waals surface area contributed by atoms with Gasteiger partial charge < -0.3 is 14.9 Å². The van der Waals surface area contributed by atoms with Crippen LogP contribution in [0.15, 0.2) is 24.3 Å². The molecule has 2 saturated heterocycles. The molecule has 1 aromatic rings. The van der Waals surface area contributed by atoms with E-state index in [0.717, 1.165) is 24.0 Å². The van der Waals surface area contributed by atoms with E-state index < -0.39 is 17.4 Å². The number of benzene rings is 1. The Kier molecular flexibility index (Phi) is 4.44. The Bertz CT molecular complexity index is 775. The molecule has 27 heavy (non-hydrogen) atoms. The zero-order chi connectivity index (χ0) is 19.2. The van der Waals surface area contributed by atoms with Gasteiger partial charge in [-0.1, -0.05) is 36.2 Å². The summed E-state index contributed by atoms with van der Waals surface area (Å²) in [6.45, 7) is 3.24. The zero-order valence-corrected chi connectivity index (χ0v) is 15.7. The van der Waals surface area contributed by atoms with E-state index in [1.807, 2.05) is 31.2 Å². The molecular weight excluding hydrogens is 344 g/mol. The number of carbonyl (C=O) groups is 3. The Hall–Kier alpha value is -2.37. The molecule has 3 aliphatic rings. The molecule has 2 heterocycles. The van der Waals surface area contributed by atoms with Crippen molar-refractivity contribution in [3.05, 3.63) is 35.4 Å². The predicted molar refractivity (Wildman–Crippen MR) is 98.7 cm³/mol. The molecule has 3 fully saturated rings. The van der Waals surface area contributed by atoms with Gasteiger partial charge in [-0.3, -0.25) is 14.4 Å². The first-order valence-electron chi connectivity index (χ1n) is 9.78. The lowest BCUT2D eigenvalue weighted by molar-refractivity contribution is -0.150. The van der Waals surface area contributed by atoms with Crippen LogP contribution in [0.2, 0.25) is 0 Å². The average Bonchev–Trinajstić information content (AvgIpc) is 3.30. The maximum atomic E-state index is 13.2. The van der Waals surface area contributed by atoms with E-state index in [-0.39, 0.29) is 24.3 Å². The number of amides is 2. The summed E-state index contributed by atoms with van der Waals surface area (Å²) >= 11 is 0. The Morgan fingerprint density at radius 2 is 1.96 bits per heavy atom. The predicted octanol–water partition coefficient (Wildman–Crippen LogP) is 2.20. The molecule has 1 unspecified atom stereocenters. The molecule has 2 aliphatic heterocycles. The molecule has 6 nitrogen and oxygen atoms in total. The van der Waals surface area contributed by atoms with E-state index >= 15 is 0 Å². The number of hydrogen-bond acceptors (Lipinski definition) is 3. The number of rotatable bonds is 4. The lowest BCUT2D eigenvalue weighted by Gasteiger charge is -2.29. The van der Waals surface area contributed by atoms with Crippen LogP contribution in [0.25, 0.3) is 0 Å². The van der Waals surface area contributed by atoms with Crippen LogP contribution in [0.5, 0.6) is 0 Å². The molecule has 144 valence electrons. The van der Waals surface area contributed by atoms with E-state index in [2.05, 4.69) is 0 Å². The smallest absolute Gasteiger partial charge is 0.311 e. The minimum absolute atomic E-state index is 0.00117. The molecule has 4 rings (SSSR count). The Balaban J connectivity index is 1.50. The highest BCUT2D eigenvalue weighted by molar-refractivity contribution is 5.91. The number of likely N-dealkylation sites (tertiary alicyclic amines) is 2. The van der Waals surface area contributed by atoms with Gasteiger partial charge in [-0.05, 0) is 37.7 Å². The van der Waals surface area contributed by atoms with E-state index in [9.17, 15) is 19.5 Å². The van der Waals surface area contributed by atoms with Gasteiger partial charge in [0.1, 0.15) is 6.04 Å². The molecular formula is C21H26N2O4. The lowest BCUT2D eigenvalue weighted by atomic mass is 9.81. The van der Waals surface area contributed by atoms with Crippen LogP contribution >= 0.6 is 0 Å². The number of carboxylic acids is 1. The number of aryl methyl sites for hydroxylation is 1. The fourth-order valence-corrected chi connectivity index (χ4v) is 5.10. The average molecular weight is 370 g/mol. The Labute approximate surface area is 159 Å². The summed E-state index contributed by atoms with van der Waals surface area (Å²) in [5.41, 5.74) is 1.38. The second-order valence-electron chi connectivity index (χ2n) is 8.33. The molecule has 0 radical (unpaired) electrons. The monoisotopic (exact) mass is 370 g/mol. The van der Waals surface area contributed by atoms with Gasteiger partial charge in [-0.25, -0.2) is 0 Å². The van der Waals surface area contributed by atoms with E-state index in [4.69, 9.17) is 0 Å². The quantitative estimate of drug-likeness (QED) is 0.881. The van der Waals surface area contributed by atoms with Crippen LogP contribution in [0.1, 0.15) is 43.2 Å². The van der Waals surface area contributed by atoms with Crippen molar-refractivity contribution in [2.75, 3.05) is 13.1 Å². The summed E-state index contributed by atoms with van der Waals surface area (Å²) in [7, 11) is 0. The van der Waals surface area contributed by atoms with Crippen LogP contribution in [0.3, 0.4) is 0 Å². The normalized spacial score (nSPS) is 30.0. The van der Waals surface area contributed by atoms with Crippen molar-refractivity contribution in [1.29, 1.82) is 0 Å². The highest BCUT2D eigenvalue weighted by Gasteiger charge is 2.56. The standard InChI is InChI=1S/C21H26N2O4/c1-14-4-6-15(7-5-14)11-23-17(8-9-18(23)24)19(25)22-12-16-3-2-10-21(16,13-22)20(26)27/h4-7,16-17H,2-3,8-13H2,1H3,(H,26,27)/t16-,17?,21+/m0/s1. The van der Waals surface area contributed by atoms with Crippen molar-refractivity contribution in [2.24, 2.45) is 11.3 Å². The van der Waals surface area contributed by atoms with Gasteiger partial charge in [0.25, 0.3) is 0 Å². The first kappa shape index (κ1) is 18.0. The fourth-order valence-electron chi connectivity index (χ4n) is 5.10. The van der Waals surface area contributed by atoms with E-state index in [1.54, 1.807) is 9.80 Å². The molecule has 1 saturated carbocycles. The van der Waals surface area contributed by atoms with Crippen LogP contribution in [-0.4, -0.2) is 51.8 Å². The number of carboxylic acid groups (broad SMARTS) is 1. The summed E-state index contributed by atoms with van der Waals surface area (Å²) in [5.74, 6) is -0.815. The van der Waals surface area contributed by atoms with Crippen LogP contribution in [0, 0.1) is 18.3 Å². The van der Waals surface area contributed by atoms with Crippen LogP contribution in [0.4, 0.5) is 0 Å². The van der Waals surface area contributed by atoms with Gasteiger partial charge in [0.15, 0.2) is 0 Å². The van der Waals surface area contributed by atoms with Crippen molar-refractivity contribution in [3.8, 4) is 0 Å². The molecule has 2 amide bonds. The minimum Gasteiger partial charge on any atom is -0.481 e. The van der Waals surface area contributed by atoms with Crippen molar-refractivity contribution < 1.29 is 19.5 Å². The van der Waals surface area contributed by atoms with Gasteiger partial charge >= 0.3 is 5.97 Å². The summed E-state index contributed by atoms with van der Waals surface area (Å²) in [5, 5.41) is 9.75. The SMILES string of the molecule is Cc1ccc(CN2C(=O)CCC2C(=O)N2C[C@@H]3CCC[C@@]3(C(=O)O)C2)cc1.